The number of amidine groups is 1. The molecule has 0 fully saturated rings. The molecule has 2 unspecified atom stereocenters. The van der Waals surface area contributed by atoms with E-state index in [0.29, 0.717) is 41.2 Å². The first kappa shape index (κ1) is 23.3. The third-order valence-electron chi connectivity index (χ3n) is 4.72. The van der Waals surface area contributed by atoms with Crippen molar-refractivity contribution in [2.75, 3.05) is 26.6 Å². The number of nitrogens with one attached hydrogen (secondary N) is 3. The van der Waals surface area contributed by atoms with Crippen molar-refractivity contribution in [2.24, 2.45) is 26.9 Å². The summed E-state index contributed by atoms with van der Waals surface area (Å²) in [7, 11) is 4.68. The van der Waals surface area contributed by atoms with Crippen LogP contribution in [0.25, 0.3) is 0 Å². The van der Waals surface area contributed by atoms with Crippen molar-refractivity contribution >= 4 is 23.8 Å². The van der Waals surface area contributed by atoms with E-state index in [1.165, 1.54) is 0 Å². The van der Waals surface area contributed by atoms with E-state index in [-0.39, 0.29) is 11.5 Å². The van der Waals surface area contributed by atoms with E-state index in [1.807, 2.05) is 6.92 Å². The summed E-state index contributed by atoms with van der Waals surface area (Å²) in [5.74, 6) is 1.58. The van der Waals surface area contributed by atoms with Crippen LogP contribution in [0.1, 0.15) is 34.1 Å². The molecule has 0 aromatic heterocycles. The molecule has 0 aliphatic carbocycles. The molecular weight excluding hydrogens is 386 g/mol. The molecule has 7 N–H and O–H groups in total. The molecule has 10 heteroatoms. The van der Waals surface area contributed by atoms with Crippen LogP contribution in [0.3, 0.4) is 0 Å². The molecule has 0 radical (unpaired) electrons. The first-order chi connectivity index (χ1) is 14.0. The fourth-order valence-corrected chi connectivity index (χ4v) is 2.81. The van der Waals surface area contributed by atoms with Crippen LogP contribution in [0.4, 0.5) is 5.69 Å². The Morgan fingerprint density at radius 3 is 2.30 bits per heavy atom. The quantitative estimate of drug-likeness (QED) is 0.308. The Kier molecular flexibility index (Phi) is 7.14. The summed E-state index contributed by atoms with van der Waals surface area (Å²) in [5, 5.41) is 6.18. The van der Waals surface area contributed by atoms with E-state index in [1.54, 1.807) is 39.8 Å². The minimum atomic E-state index is -0.976. The maximum atomic E-state index is 6.23. The van der Waals surface area contributed by atoms with Crippen molar-refractivity contribution in [3.05, 3.63) is 12.1 Å². The highest BCUT2D eigenvalue weighted by molar-refractivity contribution is 6.01. The summed E-state index contributed by atoms with van der Waals surface area (Å²) in [4.78, 5) is 12.1. The first-order valence-corrected chi connectivity index (χ1v) is 9.63. The van der Waals surface area contributed by atoms with Gasteiger partial charge in [-0.3, -0.25) is 5.73 Å². The van der Waals surface area contributed by atoms with Crippen molar-refractivity contribution in [1.29, 1.82) is 0 Å². The maximum absolute atomic E-state index is 6.23. The van der Waals surface area contributed by atoms with Crippen LogP contribution in [0.2, 0.25) is 0 Å². The second-order valence-corrected chi connectivity index (χ2v) is 8.25. The number of guanidine groups is 1. The van der Waals surface area contributed by atoms with Gasteiger partial charge in [0.25, 0.3) is 5.79 Å². The molecule has 0 saturated heterocycles. The smallest absolute Gasteiger partial charge is 0.294 e. The van der Waals surface area contributed by atoms with Crippen molar-refractivity contribution in [1.82, 2.24) is 5.32 Å². The molecule has 1 aliphatic heterocycles. The number of nitrogens with zero attached hydrogens (tertiary/aromatic N) is 2. The van der Waals surface area contributed by atoms with Crippen LogP contribution in [0, 0.1) is 5.41 Å². The predicted octanol–water partition coefficient (Wildman–Crippen LogP) is -0.0132. The van der Waals surface area contributed by atoms with Gasteiger partial charge in [-0.1, -0.05) is 20.8 Å². The topological polar surface area (TPSA) is 142 Å². The Bertz CT molecular complexity index is 820. The molecular formula is C20H34N7O3+. The second-order valence-electron chi connectivity index (χ2n) is 8.25. The average Bonchev–Trinajstić information content (AvgIpc) is 2.65. The molecule has 166 valence electrons. The van der Waals surface area contributed by atoms with Gasteiger partial charge in [0, 0.05) is 30.8 Å². The molecule has 0 bridgehead atoms. The summed E-state index contributed by atoms with van der Waals surface area (Å²) in [6, 6.07) is 3.47. The number of hydrogen-bond donors (Lipinski definition) is 5. The molecule has 10 nitrogen and oxygen atoms in total. The molecule has 2 rings (SSSR count). The second kappa shape index (κ2) is 9.21. The first-order valence-electron chi connectivity index (χ1n) is 9.63. The van der Waals surface area contributed by atoms with Crippen LogP contribution in [0.15, 0.2) is 22.1 Å². The minimum Gasteiger partial charge on any atom is -0.493 e. The van der Waals surface area contributed by atoms with Gasteiger partial charge in [-0.05, 0) is 5.41 Å². The van der Waals surface area contributed by atoms with Crippen LogP contribution in [-0.4, -0.2) is 51.3 Å². The summed E-state index contributed by atoms with van der Waals surface area (Å²) in [6.07, 6.45) is 2.06. The molecule has 0 saturated carbocycles. The van der Waals surface area contributed by atoms with Gasteiger partial charge in [0.15, 0.2) is 11.5 Å². The largest absolute Gasteiger partial charge is 0.493 e. The van der Waals surface area contributed by atoms with E-state index in [2.05, 4.69) is 46.4 Å². The Morgan fingerprint density at radius 1 is 1.20 bits per heavy atom. The van der Waals surface area contributed by atoms with Gasteiger partial charge in [0.2, 0.25) is 17.5 Å². The predicted molar refractivity (Wildman–Crippen MR) is 119 cm³/mol. The van der Waals surface area contributed by atoms with Gasteiger partial charge in [-0.15, -0.1) is 0 Å². The monoisotopic (exact) mass is 420 g/mol. The lowest BCUT2D eigenvalue weighted by atomic mass is 9.85. The fourth-order valence-electron chi connectivity index (χ4n) is 2.81. The highest BCUT2D eigenvalue weighted by atomic mass is 16.5. The summed E-state index contributed by atoms with van der Waals surface area (Å²) in [5.41, 5.74) is 13.1. The third kappa shape index (κ3) is 5.76. The van der Waals surface area contributed by atoms with E-state index in [0.717, 1.165) is 0 Å². The van der Waals surface area contributed by atoms with E-state index < -0.39 is 5.79 Å². The van der Waals surface area contributed by atoms with Crippen molar-refractivity contribution in [3.8, 4) is 17.2 Å². The van der Waals surface area contributed by atoms with Gasteiger partial charge in [0.05, 0.1) is 34.1 Å². The summed E-state index contributed by atoms with van der Waals surface area (Å²) >= 11 is 0. The number of nitrogens with two attached hydrogens (primary N) is 2. The molecule has 1 aromatic rings. The van der Waals surface area contributed by atoms with Crippen molar-refractivity contribution in [2.45, 2.75) is 45.9 Å². The maximum Gasteiger partial charge on any atom is 0.294 e. The Balaban J connectivity index is 2.25. The Morgan fingerprint density at radius 2 is 1.80 bits per heavy atom. The Hall–Kier alpha value is -3.01. The molecule has 1 heterocycles. The van der Waals surface area contributed by atoms with E-state index in [9.17, 15) is 0 Å². The fraction of sp³-hybridized carbons (Fsp3) is 0.550. The molecule has 2 atom stereocenters. The van der Waals surface area contributed by atoms with Crippen molar-refractivity contribution < 1.29 is 19.2 Å². The van der Waals surface area contributed by atoms with Gasteiger partial charge >= 0.3 is 0 Å². The summed E-state index contributed by atoms with van der Waals surface area (Å²) < 4.78 is 16.1. The number of ether oxygens (including phenoxy) is 3. The number of aliphatic imine (C=N–C) groups is 2. The number of benzene rings is 1. The zero-order valence-electron chi connectivity index (χ0n) is 18.8. The van der Waals surface area contributed by atoms with E-state index >= 15 is 0 Å². The van der Waals surface area contributed by atoms with Crippen molar-refractivity contribution in [3.63, 3.8) is 0 Å². The molecule has 1 aliphatic rings. The lowest BCUT2D eigenvalue weighted by Gasteiger charge is -2.26. The van der Waals surface area contributed by atoms with Crippen LogP contribution in [-0.2, 0) is 0 Å². The Labute approximate surface area is 177 Å². The van der Waals surface area contributed by atoms with E-state index in [4.69, 9.17) is 25.7 Å². The van der Waals surface area contributed by atoms with Gasteiger partial charge in [0.1, 0.15) is 0 Å². The highest BCUT2D eigenvalue weighted by Gasteiger charge is 2.30. The summed E-state index contributed by atoms with van der Waals surface area (Å²) in [6.45, 7) is 8.05. The zero-order valence-corrected chi connectivity index (χ0v) is 18.8. The lowest BCUT2D eigenvalue weighted by molar-refractivity contribution is -0.547. The highest BCUT2D eigenvalue weighted by Crippen LogP contribution is 2.39. The zero-order chi connectivity index (χ0) is 22.5. The lowest BCUT2D eigenvalue weighted by Crippen LogP contribution is -2.88. The molecule has 30 heavy (non-hydrogen) atoms. The number of hydrogen-bond acceptors (Lipinski definition) is 8. The van der Waals surface area contributed by atoms with Crippen LogP contribution in [0.5, 0.6) is 17.2 Å². The number of rotatable bonds is 7. The van der Waals surface area contributed by atoms with Gasteiger partial charge < -0.3 is 30.6 Å². The normalized spacial score (nSPS) is 20.1. The van der Waals surface area contributed by atoms with Gasteiger partial charge in [-0.25, -0.2) is 9.98 Å². The van der Waals surface area contributed by atoms with Gasteiger partial charge in [-0.2, -0.15) is 4.99 Å². The van der Waals surface area contributed by atoms with Crippen LogP contribution >= 0.6 is 0 Å². The van der Waals surface area contributed by atoms with Crippen LogP contribution < -0.4 is 41.3 Å². The molecule has 0 amide bonds. The third-order valence-corrected chi connectivity index (χ3v) is 4.72. The standard InChI is InChI=1S/C20H33N7O3/c1-19(2,3)15(21)10-16(22)26-20(4)24-11-23-18(27-20)25-12-8-13(28-5)17(30-7)14(9-12)29-6/h8-9,11,15H,10,21H2,1-7H3,(H2,22,26)(H2,23,24,25,27)/p+1. The number of anilines is 1. The molecule has 0 spiro atoms. The number of methoxy groups -OCH3 is 3. The average molecular weight is 421 g/mol. The minimum absolute atomic E-state index is 0.0624. The molecule has 1 aromatic carbocycles. The SMILES string of the molecule is COc1cc(NC2=NC(C)(/[NH+]=C(/N)CC(N)C(C)(C)C)N=CN2)cc(OC)c1OC.